The Bertz CT molecular complexity index is 1200. The molecular formula is C28H31F6NO4. The molecule has 5 nitrogen and oxygen atoms in total. The molecule has 3 atom stereocenters. The Morgan fingerprint density at radius 2 is 1.69 bits per heavy atom. The highest BCUT2D eigenvalue weighted by atomic mass is 19.4. The Balaban J connectivity index is 1.55. The fraction of sp³-hybridized carbons (Fsp3) is 0.536. The predicted molar refractivity (Wildman–Crippen MR) is 130 cm³/mol. The normalized spacial score (nSPS) is 20.1. The van der Waals surface area contributed by atoms with Gasteiger partial charge < -0.3 is 14.9 Å². The number of aliphatic hydroxyl groups excluding tert-OH is 1. The summed E-state index contributed by atoms with van der Waals surface area (Å²) in [5.41, 5.74) is -1.84. The Hall–Kier alpha value is -2.79. The van der Waals surface area contributed by atoms with Crippen molar-refractivity contribution in [3.8, 4) is 5.75 Å². The standard InChI is InChI=1S/C28H31F6NO4/c1-3-22(20-15-19(27(29,30)31)6-7-21(20)28(32,33)34)35-12-10-26(11-13-35)9-8-17-4-5-18(14-23(17)39-26)24(36)16(2)25(37)38/h4-7,14-16,22,24,36H,3,8-13H2,1-2H3,(H,37,38)/t16-,22-,24+/m0/s1. The number of carbonyl (C=O) groups is 1. The number of carboxylic acid groups (broad SMARTS) is 1. The maximum atomic E-state index is 13.8. The van der Waals surface area contributed by atoms with Gasteiger partial charge in [0.05, 0.1) is 23.1 Å². The number of aryl methyl sites for hydroxylation is 1. The highest BCUT2D eigenvalue weighted by molar-refractivity contribution is 5.70. The average molecular weight is 560 g/mol. The first-order valence-corrected chi connectivity index (χ1v) is 12.9. The van der Waals surface area contributed by atoms with E-state index in [9.17, 15) is 41.4 Å². The van der Waals surface area contributed by atoms with E-state index in [1.165, 1.54) is 6.92 Å². The van der Waals surface area contributed by atoms with Crippen LogP contribution < -0.4 is 4.74 Å². The lowest BCUT2D eigenvalue weighted by Crippen LogP contribution is -2.50. The number of benzene rings is 2. The smallest absolute Gasteiger partial charge is 0.416 e. The first kappa shape index (κ1) is 29.2. The Labute approximate surface area is 222 Å². The van der Waals surface area contributed by atoms with Crippen LogP contribution in [-0.4, -0.2) is 39.8 Å². The lowest BCUT2D eigenvalue weighted by Gasteiger charge is -2.47. The van der Waals surface area contributed by atoms with E-state index in [-0.39, 0.29) is 12.0 Å². The number of alkyl halides is 6. The summed E-state index contributed by atoms with van der Waals surface area (Å²) in [6, 6.07) is 5.87. The monoisotopic (exact) mass is 559 g/mol. The summed E-state index contributed by atoms with van der Waals surface area (Å²) in [7, 11) is 0. The number of carboxylic acids is 1. The molecule has 0 aliphatic carbocycles. The molecule has 2 N–H and O–H groups in total. The van der Waals surface area contributed by atoms with Gasteiger partial charge in [-0.05, 0) is 80.0 Å². The molecule has 0 saturated carbocycles. The van der Waals surface area contributed by atoms with E-state index in [1.807, 2.05) is 0 Å². The van der Waals surface area contributed by atoms with Crippen LogP contribution in [-0.2, 0) is 23.6 Å². The number of hydrogen-bond donors (Lipinski definition) is 2. The summed E-state index contributed by atoms with van der Waals surface area (Å²) < 4.78 is 87.8. The molecule has 11 heteroatoms. The number of rotatable bonds is 6. The molecule has 2 aliphatic rings. The second kappa shape index (κ2) is 10.6. The molecule has 0 bridgehead atoms. The minimum absolute atomic E-state index is 0.199. The summed E-state index contributed by atoms with van der Waals surface area (Å²) in [5.74, 6) is -1.62. The number of fused-ring (bicyclic) bond motifs is 1. The van der Waals surface area contributed by atoms with Crippen LogP contribution in [0.5, 0.6) is 5.75 Å². The fourth-order valence-corrected chi connectivity index (χ4v) is 5.67. The molecule has 214 valence electrons. The van der Waals surface area contributed by atoms with Gasteiger partial charge in [-0.1, -0.05) is 19.1 Å². The zero-order valence-corrected chi connectivity index (χ0v) is 21.6. The van der Waals surface area contributed by atoms with Crippen molar-refractivity contribution < 1.29 is 46.1 Å². The quantitative estimate of drug-likeness (QED) is 0.382. The molecule has 2 heterocycles. The molecule has 2 aromatic carbocycles. The number of piperidine rings is 1. The number of likely N-dealkylation sites (tertiary alicyclic amines) is 1. The topological polar surface area (TPSA) is 70.0 Å². The van der Waals surface area contributed by atoms with E-state index >= 15 is 0 Å². The van der Waals surface area contributed by atoms with Crippen molar-refractivity contribution in [2.24, 2.45) is 5.92 Å². The molecule has 1 spiro atoms. The summed E-state index contributed by atoms with van der Waals surface area (Å²) in [5, 5.41) is 19.7. The third-order valence-corrected chi connectivity index (χ3v) is 8.05. The molecule has 39 heavy (non-hydrogen) atoms. The van der Waals surface area contributed by atoms with Crippen molar-refractivity contribution in [2.75, 3.05) is 13.1 Å². The molecule has 1 fully saturated rings. The van der Waals surface area contributed by atoms with E-state index in [2.05, 4.69) is 0 Å². The largest absolute Gasteiger partial charge is 0.487 e. The van der Waals surface area contributed by atoms with Gasteiger partial charge in [0, 0.05) is 19.1 Å². The summed E-state index contributed by atoms with van der Waals surface area (Å²) in [4.78, 5) is 13.1. The molecule has 0 aromatic heterocycles. The van der Waals surface area contributed by atoms with E-state index < -0.39 is 53.1 Å². The SMILES string of the molecule is CC[C@@H](c1cc(C(F)(F)F)ccc1C(F)(F)F)N1CCC2(CCc3ccc([C@H](O)[C@H](C)C(=O)O)cc3O2)CC1. The third-order valence-electron chi connectivity index (χ3n) is 8.05. The second-order valence-corrected chi connectivity index (χ2v) is 10.5. The molecule has 0 amide bonds. The second-order valence-electron chi connectivity index (χ2n) is 10.5. The fourth-order valence-electron chi connectivity index (χ4n) is 5.67. The lowest BCUT2D eigenvalue weighted by molar-refractivity contribution is -0.145. The first-order valence-electron chi connectivity index (χ1n) is 12.9. The van der Waals surface area contributed by atoms with Crippen molar-refractivity contribution in [1.82, 2.24) is 4.90 Å². The molecule has 2 aromatic rings. The minimum Gasteiger partial charge on any atom is -0.487 e. The van der Waals surface area contributed by atoms with Crippen LogP contribution in [0.4, 0.5) is 26.3 Å². The molecule has 4 rings (SSSR count). The number of aliphatic carboxylic acids is 1. The molecule has 0 unspecified atom stereocenters. The number of aliphatic hydroxyl groups is 1. The van der Waals surface area contributed by atoms with E-state index in [1.54, 1.807) is 30.0 Å². The van der Waals surface area contributed by atoms with Crippen molar-refractivity contribution in [1.29, 1.82) is 0 Å². The number of hydrogen-bond acceptors (Lipinski definition) is 4. The van der Waals surface area contributed by atoms with Crippen molar-refractivity contribution in [3.05, 3.63) is 64.2 Å². The lowest BCUT2D eigenvalue weighted by atomic mass is 9.81. The number of ether oxygens (including phenoxy) is 1. The molecule has 2 aliphatic heterocycles. The molecular weight excluding hydrogens is 528 g/mol. The van der Waals surface area contributed by atoms with Gasteiger partial charge in [-0.3, -0.25) is 9.69 Å². The Morgan fingerprint density at radius 3 is 2.26 bits per heavy atom. The number of halogens is 6. The van der Waals surface area contributed by atoms with Crippen LogP contribution in [0.3, 0.4) is 0 Å². The van der Waals surface area contributed by atoms with Gasteiger partial charge in [0.2, 0.25) is 0 Å². The Morgan fingerprint density at radius 1 is 1.03 bits per heavy atom. The van der Waals surface area contributed by atoms with Crippen molar-refractivity contribution in [2.45, 2.75) is 76.1 Å². The van der Waals surface area contributed by atoms with Gasteiger partial charge in [-0.15, -0.1) is 0 Å². The average Bonchev–Trinajstić information content (AvgIpc) is 2.87. The third kappa shape index (κ3) is 6.04. The van der Waals surface area contributed by atoms with Gasteiger partial charge in [0.15, 0.2) is 0 Å². The Kier molecular flexibility index (Phi) is 7.97. The van der Waals surface area contributed by atoms with Crippen molar-refractivity contribution >= 4 is 5.97 Å². The highest BCUT2D eigenvalue weighted by Gasteiger charge is 2.43. The summed E-state index contributed by atoms with van der Waals surface area (Å²) in [6.07, 6.45) is -8.33. The predicted octanol–water partition coefficient (Wildman–Crippen LogP) is 6.79. The van der Waals surface area contributed by atoms with E-state index in [0.717, 1.165) is 5.56 Å². The van der Waals surface area contributed by atoms with Crippen LogP contribution in [0.15, 0.2) is 36.4 Å². The van der Waals surface area contributed by atoms with Gasteiger partial charge in [0.25, 0.3) is 0 Å². The van der Waals surface area contributed by atoms with Crippen LogP contribution >= 0.6 is 0 Å². The maximum absolute atomic E-state index is 13.8. The zero-order chi connectivity index (χ0) is 28.8. The maximum Gasteiger partial charge on any atom is 0.416 e. The van der Waals surface area contributed by atoms with Gasteiger partial charge in [-0.25, -0.2) is 0 Å². The van der Waals surface area contributed by atoms with Crippen LogP contribution in [0.1, 0.15) is 79.5 Å². The van der Waals surface area contributed by atoms with E-state index in [4.69, 9.17) is 4.74 Å². The van der Waals surface area contributed by atoms with E-state index in [0.29, 0.717) is 68.3 Å². The first-order chi connectivity index (χ1) is 18.1. The minimum atomic E-state index is -4.79. The number of nitrogens with zero attached hydrogens (tertiary/aromatic N) is 1. The zero-order valence-electron chi connectivity index (χ0n) is 21.6. The van der Waals surface area contributed by atoms with Gasteiger partial charge in [-0.2, -0.15) is 26.3 Å². The molecule has 0 radical (unpaired) electrons. The summed E-state index contributed by atoms with van der Waals surface area (Å²) >= 11 is 0. The molecule has 1 saturated heterocycles. The van der Waals surface area contributed by atoms with Gasteiger partial charge >= 0.3 is 18.3 Å². The van der Waals surface area contributed by atoms with Crippen LogP contribution in [0.25, 0.3) is 0 Å². The van der Waals surface area contributed by atoms with Crippen LogP contribution in [0.2, 0.25) is 0 Å². The van der Waals surface area contributed by atoms with Crippen LogP contribution in [0, 0.1) is 5.92 Å². The van der Waals surface area contributed by atoms with Gasteiger partial charge in [0.1, 0.15) is 11.4 Å². The highest BCUT2D eigenvalue weighted by Crippen LogP contribution is 2.45. The van der Waals surface area contributed by atoms with Crippen molar-refractivity contribution in [3.63, 3.8) is 0 Å². The summed E-state index contributed by atoms with van der Waals surface area (Å²) in [6.45, 7) is 3.73.